The smallest absolute Gasteiger partial charge is 0.272 e. The van der Waals surface area contributed by atoms with Crippen molar-refractivity contribution in [2.75, 3.05) is 6.54 Å². The van der Waals surface area contributed by atoms with Crippen LogP contribution in [0.4, 0.5) is 0 Å². The summed E-state index contributed by atoms with van der Waals surface area (Å²) in [6.45, 7) is 7.70. The molecule has 0 fully saturated rings. The van der Waals surface area contributed by atoms with Crippen LogP contribution < -0.4 is 10.6 Å². The van der Waals surface area contributed by atoms with Crippen molar-refractivity contribution in [3.05, 3.63) is 33.9 Å². The normalized spacial score (nSPS) is 15.3. The molecule has 0 saturated heterocycles. The first kappa shape index (κ1) is 15.7. The van der Waals surface area contributed by atoms with Gasteiger partial charge in [0.05, 0.1) is 5.69 Å². The molecule has 3 N–H and O–H groups in total. The molecule has 3 rings (SSSR count). The maximum Gasteiger partial charge on any atom is 0.272 e. The molecule has 1 amide bonds. The predicted octanol–water partition coefficient (Wildman–Crippen LogP) is 0.767. The summed E-state index contributed by atoms with van der Waals surface area (Å²) in [7, 11) is 1.94. The number of H-pyrrole nitrogens is 1. The van der Waals surface area contributed by atoms with E-state index in [1.54, 1.807) is 0 Å². The van der Waals surface area contributed by atoms with Gasteiger partial charge in [0.1, 0.15) is 0 Å². The van der Waals surface area contributed by atoms with E-state index in [1.165, 1.54) is 5.56 Å². The van der Waals surface area contributed by atoms with Gasteiger partial charge in [-0.15, -0.1) is 0 Å². The molecule has 1 aliphatic heterocycles. The van der Waals surface area contributed by atoms with Crippen LogP contribution in [-0.4, -0.2) is 38.5 Å². The van der Waals surface area contributed by atoms with E-state index >= 15 is 0 Å². The maximum absolute atomic E-state index is 12.5. The second-order valence-corrected chi connectivity index (χ2v) is 6.31. The average Bonchev–Trinajstić information content (AvgIpc) is 3.04. The van der Waals surface area contributed by atoms with Gasteiger partial charge in [-0.3, -0.25) is 14.6 Å². The van der Waals surface area contributed by atoms with Crippen LogP contribution >= 0.6 is 0 Å². The van der Waals surface area contributed by atoms with Gasteiger partial charge in [0.2, 0.25) is 0 Å². The molecule has 2 aromatic heterocycles. The largest absolute Gasteiger partial charge is 0.348 e. The summed E-state index contributed by atoms with van der Waals surface area (Å²) >= 11 is 0. The van der Waals surface area contributed by atoms with Gasteiger partial charge in [-0.25, -0.2) is 0 Å². The van der Waals surface area contributed by atoms with Crippen molar-refractivity contribution in [1.29, 1.82) is 0 Å². The third kappa shape index (κ3) is 3.01. The highest BCUT2D eigenvalue weighted by Gasteiger charge is 2.23. The lowest BCUT2D eigenvalue weighted by molar-refractivity contribution is 0.0933. The fourth-order valence-corrected chi connectivity index (χ4v) is 3.18. The number of hydrogen-bond acceptors (Lipinski definition) is 4. The number of fused-ring (bicyclic) bond motifs is 1. The first-order chi connectivity index (χ1) is 11.0. The highest BCUT2D eigenvalue weighted by molar-refractivity contribution is 5.94. The summed E-state index contributed by atoms with van der Waals surface area (Å²) in [5.41, 5.74) is 5.94. The van der Waals surface area contributed by atoms with Crippen LogP contribution in [0.3, 0.4) is 0 Å². The zero-order valence-corrected chi connectivity index (χ0v) is 14.2. The summed E-state index contributed by atoms with van der Waals surface area (Å²) in [6, 6.07) is 0.0213. The molecule has 0 radical (unpaired) electrons. The summed E-state index contributed by atoms with van der Waals surface area (Å²) in [5.74, 6) is -0.113. The van der Waals surface area contributed by atoms with Crippen LogP contribution in [0.1, 0.15) is 45.6 Å². The molecule has 0 saturated carbocycles. The Kier molecular flexibility index (Phi) is 4.21. The van der Waals surface area contributed by atoms with E-state index in [9.17, 15) is 4.79 Å². The van der Waals surface area contributed by atoms with E-state index in [4.69, 9.17) is 0 Å². The second kappa shape index (κ2) is 6.16. The number of carbonyl (C=O) groups excluding carboxylic acids is 1. The number of aromatic nitrogens is 4. The van der Waals surface area contributed by atoms with Gasteiger partial charge in [-0.1, -0.05) is 0 Å². The highest BCUT2D eigenvalue weighted by atomic mass is 16.2. The zero-order chi connectivity index (χ0) is 16.6. The predicted molar refractivity (Wildman–Crippen MR) is 87.3 cm³/mol. The molecule has 1 atom stereocenters. The minimum absolute atomic E-state index is 0.0213. The van der Waals surface area contributed by atoms with Crippen LogP contribution in [0.5, 0.6) is 0 Å². The number of rotatable bonds is 4. The van der Waals surface area contributed by atoms with E-state index < -0.39 is 0 Å². The fourth-order valence-electron chi connectivity index (χ4n) is 3.18. The molecule has 3 heterocycles. The fraction of sp³-hybridized carbons (Fsp3) is 0.562. The van der Waals surface area contributed by atoms with Gasteiger partial charge in [0, 0.05) is 49.6 Å². The van der Waals surface area contributed by atoms with Crippen molar-refractivity contribution in [2.24, 2.45) is 7.05 Å². The van der Waals surface area contributed by atoms with Gasteiger partial charge < -0.3 is 10.6 Å². The Balaban J connectivity index is 1.69. The van der Waals surface area contributed by atoms with Crippen molar-refractivity contribution < 1.29 is 4.79 Å². The van der Waals surface area contributed by atoms with Crippen molar-refractivity contribution in [3.8, 4) is 0 Å². The molecule has 0 bridgehead atoms. The number of nitrogens with zero attached hydrogens (tertiary/aromatic N) is 3. The lowest BCUT2D eigenvalue weighted by atomic mass is 10.0. The Morgan fingerprint density at radius 2 is 2.22 bits per heavy atom. The molecular formula is C16H24N6O. The summed E-state index contributed by atoms with van der Waals surface area (Å²) in [4.78, 5) is 12.5. The third-order valence-electron chi connectivity index (χ3n) is 4.57. The third-order valence-corrected chi connectivity index (χ3v) is 4.57. The molecule has 23 heavy (non-hydrogen) atoms. The molecule has 124 valence electrons. The average molecular weight is 316 g/mol. The number of hydrogen-bond donors (Lipinski definition) is 3. The highest BCUT2D eigenvalue weighted by Crippen LogP contribution is 2.17. The van der Waals surface area contributed by atoms with E-state index in [0.717, 1.165) is 42.0 Å². The summed E-state index contributed by atoms with van der Waals surface area (Å²) in [6.07, 6.45) is 1.65. The molecule has 0 aliphatic carbocycles. The molecule has 0 aromatic carbocycles. The molecule has 0 spiro atoms. The quantitative estimate of drug-likeness (QED) is 0.777. The lowest BCUT2D eigenvalue weighted by Gasteiger charge is -2.16. The number of carbonyl (C=O) groups is 1. The van der Waals surface area contributed by atoms with Crippen molar-refractivity contribution in [3.63, 3.8) is 0 Å². The molecule has 7 heteroatoms. The Hall–Kier alpha value is -2.15. The van der Waals surface area contributed by atoms with Gasteiger partial charge in [0.25, 0.3) is 5.91 Å². The Morgan fingerprint density at radius 1 is 1.43 bits per heavy atom. The Labute approximate surface area is 135 Å². The van der Waals surface area contributed by atoms with Crippen molar-refractivity contribution in [1.82, 2.24) is 30.6 Å². The van der Waals surface area contributed by atoms with Crippen LogP contribution in [0, 0.1) is 13.8 Å². The number of aromatic amines is 1. The van der Waals surface area contributed by atoms with E-state index in [2.05, 4.69) is 32.9 Å². The minimum Gasteiger partial charge on any atom is -0.348 e. The van der Waals surface area contributed by atoms with Gasteiger partial charge >= 0.3 is 0 Å². The summed E-state index contributed by atoms with van der Waals surface area (Å²) < 4.78 is 1.88. The van der Waals surface area contributed by atoms with Crippen LogP contribution in [0.25, 0.3) is 0 Å². The van der Waals surface area contributed by atoms with Crippen LogP contribution in [0.2, 0.25) is 0 Å². The van der Waals surface area contributed by atoms with Gasteiger partial charge in [-0.05, 0) is 32.8 Å². The first-order valence-electron chi connectivity index (χ1n) is 8.04. The number of aryl methyl sites for hydroxylation is 2. The maximum atomic E-state index is 12.5. The summed E-state index contributed by atoms with van der Waals surface area (Å²) in [5, 5.41) is 18.0. The van der Waals surface area contributed by atoms with E-state index in [-0.39, 0.29) is 11.9 Å². The minimum atomic E-state index is -0.113. The molecule has 7 nitrogen and oxygen atoms in total. The topological polar surface area (TPSA) is 87.6 Å². The van der Waals surface area contributed by atoms with Crippen molar-refractivity contribution in [2.45, 2.75) is 46.2 Å². The van der Waals surface area contributed by atoms with Crippen LogP contribution in [-0.2, 0) is 26.4 Å². The van der Waals surface area contributed by atoms with E-state index in [0.29, 0.717) is 12.2 Å². The van der Waals surface area contributed by atoms with Crippen LogP contribution in [0.15, 0.2) is 0 Å². The zero-order valence-electron chi connectivity index (χ0n) is 14.2. The standard InChI is InChI=1S/C16H24N6O/c1-9(7-12-10(2)21-22(4)11(12)3)18-16(23)15-13-8-17-6-5-14(13)19-20-15/h9,17H,5-8H2,1-4H3,(H,18,23)(H,19,20). The van der Waals surface area contributed by atoms with Gasteiger partial charge in [-0.2, -0.15) is 10.2 Å². The molecular weight excluding hydrogens is 292 g/mol. The molecule has 2 aromatic rings. The molecule has 1 unspecified atom stereocenters. The van der Waals surface area contributed by atoms with Gasteiger partial charge in [0.15, 0.2) is 5.69 Å². The lowest BCUT2D eigenvalue weighted by Crippen LogP contribution is -2.35. The molecule has 1 aliphatic rings. The van der Waals surface area contributed by atoms with E-state index in [1.807, 2.05) is 25.6 Å². The first-order valence-corrected chi connectivity index (χ1v) is 8.04. The van der Waals surface area contributed by atoms with Crippen molar-refractivity contribution >= 4 is 5.91 Å². The number of nitrogens with one attached hydrogen (secondary N) is 3. The number of amides is 1. The Bertz CT molecular complexity index is 729. The Morgan fingerprint density at radius 3 is 2.91 bits per heavy atom. The second-order valence-electron chi connectivity index (χ2n) is 6.31. The monoisotopic (exact) mass is 316 g/mol. The SMILES string of the molecule is Cc1nn(C)c(C)c1CC(C)NC(=O)c1n[nH]c2c1CNCC2.